The van der Waals surface area contributed by atoms with Gasteiger partial charge in [-0.1, -0.05) is 0 Å². The quantitative estimate of drug-likeness (QED) is 0.635. The normalized spacial score (nSPS) is 34.2. The van der Waals surface area contributed by atoms with Crippen molar-refractivity contribution in [2.75, 3.05) is 13.2 Å². The summed E-state index contributed by atoms with van der Waals surface area (Å²) in [4.78, 5) is 11.2. The summed E-state index contributed by atoms with van der Waals surface area (Å²) in [6.07, 6.45) is -0.283. The van der Waals surface area contributed by atoms with Crippen LogP contribution in [0.5, 0.6) is 0 Å². The molecule has 0 aromatic heterocycles. The van der Waals surface area contributed by atoms with Crippen LogP contribution in [-0.2, 0) is 14.3 Å². The molecule has 4 nitrogen and oxygen atoms in total. The molecule has 1 heterocycles. The van der Waals surface area contributed by atoms with Gasteiger partial charge in [-0.15, -0.1) is 0 Å². The zero-order valence-corrected chi connectivity index (χ0v) is 8.03. The van der Waals surface area contributed by atoms with Crippen LogP contribution in [0.15, 0.2) is 0 Å². The maximum atomic E-state index is 11.2. The van der Waals surface area contributed by atoms with Crippen LogP contribution >= 0.6 is 0 Å². The van der Waals surface area contributed by atoms with E-state index in [2.05, 4.69) is 0 Å². The predicted molar refractivity (Wildman–Crippen MR) is 46.2 cm³/mol. The fourth-order valence-electron chi connectivity index (χ4n) is 1.35. The van der Waals surface area contributed by atoms with E-state index in [0.717, 1.165) is 0 Å². The molecule has 0 aromatic carbocycles. The second-order valence-corrected chi connectivity index (χ2v) is 3.29. The lowest BCUT2D eigenvalue weighted by Gasteiger charge is -2.29. The number of aliphatic hydroxyl groups excluding tert-OH is 1. The Morgan fingerprint density at radius 2 is 2.38 bits per heavy atom. The van der Waals surface area contributed by atoms with Crippen molar-refractivity contribution in [3.63, 3.8) is 0 Å². The Bertz CT molecular complexity index is 180. The molecule has 1 aliphatic heterocycles. The first-order valence-corrected chi connectivity index (χ1v) is 4.61. The fourth-order valence-corrected chi connectivity index (χ4v) is 1.35. The van der Waals surface area contributed by atoms with E-state index < -0.39 is 6.10 Å². The lowest BCUT2D eigenvalue weighted by molar-refractivity contribution is -0.161. The Labute approximate surface area is 77.8 Å². The predicted octanol–water partition coefficient (Wildman–Crippen LogP) is 0.335. The number of esters is 1. The van der Waals surface area contributed by atoms with Crippen molar-refractivity contribution in [1.82, 2.24) is 0 Å². The first kappa shape index (κ1) is 10.5. The molecule has 0 spiro atoms. The minimum absolute atomic E-state index is 0.175. The van der Waals surface area contributed by atoms with Crippen molar-refractivity contribution in [2.24, 2.45) is 5.92 Å². The summed E-state index contributed by atoms with van der Waals surface area (Å²) >= 11 is 0. The highest BCUT2D eigenvalue weighted by molar-refractivity contribution is 5.72. The average molecular weight is 188 g/mol. The van der Waals surface area contributed by atoms with Crippen molar-refractivity contribution in [2.45, 2.75) is 32.5 Å². The number of hydrogen-bond acceptors (Lipinski definition) is 4. The summed E-state index contributed by atoms with van der Waals surface area (Å²) in [5.41, 5.74) is 0. The summed E-state index contributed by atoms with van der Waals surface area (Å²) in [5.74, 6) is -0.570. The third kappa shape index (κ3) is 2.67. The van der Waals surface area contributed by atoms with E-state index >= 15 is 0 Å². The molecule has 1 aliphatic rings. The van der Waals surface area contributed by atoms with E-state index in [-0.39, 0.29) is 18.0 Å². The van der Waals surface area contributed by atoms with Crippen LogP contribution in [0.25, 0.3) is 0 Å². The third-order valence-electron chi connectivity index (χ3n) is 2.25. The monoisotopic (exact) mass is 188 g/mol. The second-order valence-electron chi connectivity index (χ2n) is 3.29. The molecule has 1 fully saturated rings. The molecule has 0 bridgehead atoms. The van der Waals surface area contributed by atoms with Crippen molar-refractivity contribution in [1.29, 1.82) is 0 Å². The van der Waals surface area contributed by atoms with Gasteiger partial charge in [0.15, 0.2) is 0 Å². The fraction of sp³-hybridized carbons (Fsp3) is 0.889. The largest absolute Gasteiger partial charge is 0.466 e. The van der Waals surface area contributed by atoms with Gasteiger partial charge in [-0.25, -0.2) is 0 Å². The molecule has 1 unspecified atom stereocenters. The zero-order chi connectivity index (χ0) is 9.84. The highest BCUT2D eigenvalue weighted by Gasteiger charge is 2.31. The van der Waals surface area contributed by atoms with Gasteiger partial charge in [0, 0.05) is 0 Å². The molecule has 4 heteroatoms. The maximum absolute atomic E-state index is 11.2. The molecule has 3 atom stereocenters. The van der Waals surface area contributed by atoms with Gasteiger partial charge in [0.25, 0.3) is 0 Å². The maximum Gasteiger partial charge on any atom is 0.311 e. The van der Waals surface area contributed by atoms with E-state index in [4.69, 9.17) is 9.47 Å². The van der Waals surface area contributed by atoms with Crippen LogP contribution in [0.2, 0.25) is 0 Å². The van der Waals surface area contributed by atoms with Crippen molar-refractivity contribution in [3.05, 3.63) is 0 Å². The van der Waals surface area contributed by atoms with Crippen LogP contribution < -0.4 is 0 Å². The standard InChI is InChI=1S/C9H16O4/c1-3-12-9(11)7-4-8(10)6(2)13-5-7/h6-8,10H,3-5H2,1-2H3/t6-,7+,8?/m0/s1. The molecule has 13 heavy (non-hydrogen) atoms. The van der Waals surface area contributed by atoms with Gasteiger partial charge in [-0.05, 0) is 20.3 Å². The molecule has 1 N–H and O–H groups in total. The highest BCUT2D eigenvalue weighted by atomic mass is 16.5. The average Bonchev–Trinajstić information content (AvgIpc) is 2.10. The van der Waals surface area contributed by atoms with Crippen LogP contribution in [0, 0.1) is 5.92 Å². The van der Waals surface area contributed by atoms with Gasteiger partial charge in [-0.2, -0.15) is 0 Å². The van der Waals surface area contributed by atoms with Gasteiger partial charge in [0.1, 0.15) is 0 Å². The Morgan fingerprint density at radius 3 is 2.92 bits per heavy atom. The van der Waals surface area contributed by atoms with Crippen molar-refractivity contribution >= 4 is 5.97 Å². The molecule has 76 valence electrons. The first-order chi connectivity index (χ1) is 6.15. The highest BCUT2D eigenvalue weighted by Crippen LogP contribution is 2.20. The molecule has 0 aromatic rings. The zero-order valence-electron chi connectivity index (χ0n) is 8.03. The Kier molecular flexibility index (Phi) is 3.69. The summed E-state index contributed by atoms with van der Waals surface area (Å²) in [6, 6.07) is 0. The van der Waals surface area contributed by atoms with Crippen LogP contribution in [-0.4, -0.2) is 36.5 Å². The number of carbonyl (C=O) groups is 1. The Hall–Kier alpha value is -0.610. The van der Waals surface area contributed by atoms with E-state index in [1.165, 1.54) is 0 Å². The smallest absolute Gasteiger partial charge is 0.311 e. The number of aliphatic hydroxyl groups is 1. The molecular formula is C9H16O4. The molecular weight excluding hydrogens is 172 g/mol. The third-order valence-corrected chi connectivity index (χ3v) is 2.25. The summed E-state index contributed by atoms with van der Waals surface area (Å²) < 4.78 is 10.1. The molecule has 0 saturated carbocycles. The van der Waals surface area contributed by atoms with E-state index in [0.29, 0.717) is 19.6 Å². The van der Waals surface area contributed by atoms with Gasteiger partial charge in [-0.3, -0.25) is 4.79 Å². The molecule has 0 radical (unpaired) electrons. The van der Waals surface area contributed by atoms with Gasteiger partial charge >= 0.3 is 5.97 Å². The second kappa shape index (κ2) is 4.58. The molecule has 0 aliphatic carbocycles. The minimum Gasteiger partial charge on any atom is -0.466 e. The van der Waals surface area contributed by atoms with Crippen LogP contribution in [0.3, 0.4) is 0 Å². The minimum atomic E-state index is -0.553. The summed E-state index contributed by atoms with van der Waals surface area (Å²) in [5, 5.41) is 9.43. The number of carbonyl (C=O) groups excluding carboxylic acids is 1. The SMILES string of the molecule is CCOC(=O)[C@H]1CO[C@@H](C)C(O)C1. The molecule has 1 saturated heterocycles. The summed E-state index contributed by atoms with van der Waals surface area (Å²) in [7, 11) is 0. The number of ether oxygens (including phenoxy) is 2. The van der Waals surface area contributed by atoms with Crippen LogP contribution in [0.1, 0.15) is 20.3 Å². The Morgan fingerprint density at radius 1 is 1.69 bits per heavy atom. The first-order valence-electron chi connectivity index (χ1n) is 4.61. The lowest BCUT2D eigenvalue weighted by Crippen LogP contribution is -2.40. The van der Waals surface area contributed by atoms with E-state index in [1.54, 1.807) is 13.8 Å². The Balaban J connectivity index is 2.40. The lowest BCUT2D eigenvalue weighted by atomic mass is 9.97. The van der Waals surface area contributed by atoms with Gasteiger partial charge in [0.2, 0.25) is 0 Å². The molecule has 1 rings (SSSR count). The number of rotatable bonds is 2. The van der Waals surface area contributed by atoms with Crippen molar-refractivity contribution in [3.8, 4) is 0 Å². The van der Waals surface area contributed by atoms with Crippen LogP contribution in [0.4, 0.5) is 0 Å². The molecule has 0 amide bonds. The number of hydrogen-bond donors (Lipinski definition) is 1. The van der Waals surface area contributed by atoms with Crippen molar-refractivity contribution < 1.29 is 19.4 Å². The van der Waals surface area contributed by atoms with E-state index in [9.17, 15) is 9.90 Å². The van der Waals surface area contributed by atoms with Gasteiger partial charge in [0.05, 0.1) is 31.3 Å². The van der Waals surface area contributed by atoms with E-state index in [1.807, 2.05) is 0 Å². The van der Waals surface area contributed by atoms with Gasteiger partial charge < -0.3 is 14.6 Å². The summed E-state index contributed by atoms with van der Waals surface area (Å²) in [6.45, 7) is 4.30. The topological polar surface area (TPSA) is 55.8 Å².